The van der Waals surface area contributed by atoms with Gasteiger partial charge >= 0.3 is 5.97 Å². The lowest BCUT2D eigenvalue weighted by molar-refractivity contribution is -0.132. The Labute approximate surface area is 164 Å². The minimum absolute atomic E-state index is 0.189. The monoisotopic (exact) mass is 364 g/mol. The average Bonchev–Trinajstić information content (AvgIpc) is 2.72. The molecule has 0 bridgehead atoms. The summed E-state index contributed by atoms with van der Waals surface area (Å²) in [6, 6.07) is 24.8. The Hall–Kier alpha value is -3.65. The van der Waals surface area contributed by atoms with E-state index in [2.05, 4.69) is 61.7 Å². The maximum Gasteiger partial charge on any atom is 0.331 e. The van der Waals surface area contributed by atoms with Crippen molar-refractivity contribution in [2.24, 2.45) is 0 Å². The van der Waals surface area contributed by atoms with Crippen LogP contribution in [-0.2, 0) is 11.2 Å². The fraction of sp³-hybridized carbons (Fsp3) is 0.0385. The molecular formula is C26H20O2. The van der Waals surface area contributed by atoms with Crippen LogP contribution >= 0.6 is 0 Å². The lowest BCUT2D eigenvalue weighted by atomic mass is 9.88. The van der Waals surface area contributed by atoms with Gasteiger partial charge in [-0.2, -0.15) is 0 Å². The quantitative estimate of drug-likeness (QED) is 0.325. The molecule has 0 unspecified atom stereocenters. The minimum atomic E-state index is -0.963. The van der Waals surface area contributed by atoms with Crippen molar-refractivity contribution in [3.8, 4) is 11.1 Å². The molecule has 0 aromatic heterocycles. The van der Waals surface area contributed by atoms with Gasteiger partial charge in [-0.1, -0.05) is 86.0 Å². The molecule has 4 aromatic rings. The zero-order valence-electron chi connectivity index (χ0n) is 15.5. The van der Waals surface area contributed by atoms with Crippen LogP contribution in [0.5, 0.6) is 0 Å². The second-order valence-corrected chi connectivity index (χ2v) is 6.90. The van der Waals surface area contributed by atoms with Crippen molar-refractivity contribution >= 4 is 33.6 Å². The number of carboxylic acid groups (broad SMARTS) is 1. The minimum Gasteiger partial charge on any atom is -0.478 e. The normalized spacial score (nSPS) is 10.9. The number of hydrogen-bond acceptors (Lipinski definition) is 1. The van der Waals surface area contributed by atoms with Crippen LogP contribution in [0, 0.1) is 0 Å². The maximum absolute atomic E-state index is 11.4. The highest BCUT2D eigenvalue weighted by Gasteiger charge is 2.15. The first-order chi connectivity index (χ1) is 13.6. The molecule has 0 amide bonds. The summed E-state index contributed by atoms with van der Waals surface area (Å²) in [5, 5.41) is 13.8. The van der Waals surface area contributed by atoms with Crippen molar-refractivity contribution < 1.29 is 9.90 Å². The molecular weight excluding hydrogens is 344 g/mol. The summed E-state index contributed by atoms with van der Waals surface area (Å²) in [5.74, 6) is -0.963. The van der Waals surface area contributed by atoms with E-state index in [1.54, 1.807) is 0 Å². The van der Waals surface area contributed by atoms with Crippen LogP contribution in [0.2, 0.25) is 0 Å². The van der Waals surface area contributed by atoms with Crippen molar-refractivity contribution in [2.45, 2.75) is 6.42 Å². The van der Waals surface area contributed by atoms with Gasteiger partial charge in [0, 0.05) is 12.0 Å². The third-order valence-corrected chi connectivity index (χ3v) is 5.12. The van der Waals surface area contributed by atoms with Gasteiger partial charge in [0.1, 0.15) is 0 Å². The molecule has 0 saturated carbocycles. The van der Waals surface area contributed by atoms with Crippen molar-refractivity contribution in [2.75, 3.05) is 0 Å². The molecule has 0 spiro atoms. The highest BCUT2D eigenvalue weighted by atomic mass is 16.4. The van der Waals surface area contributed by atoms with Gasteiger partial charge < -0.3 is 5.11 Å². The van der Waals surface area contributed by atoms with E-state index in [0.29, 0.717) is 6.42 Å². The Balaban J connectivity index is 2.08. The Kier molecular flexibility index (Phi) is 4.54. The molecule has 0 aliphatic heterocycles. The number of hydrogen-bond donors (Lipinski definition) is 1. The molecule has 0 fully saturated rings. The van der Waals surface area contributed by atoms with Gasteiger partial charge in [-0.25, -0.2) is 4.79 Å². The Bertz CT molecular complexity index is 1230. The second kappa shape index (κ2) is 7.16. The van der Waals surface area contributed by atoms with E-state index in [4.69, 9.17) is 0 Å². The van der Waals surface area contributed by atoms with E-state index in [0.717, 1.165) is 43.8 Å². The van der Waals surface area contributed by atoms with Crippen LogP contribution < -0.4 is 0 Å². The number of fused-ring (bicyclic) bond motifs is 2. The second-order valence-electron chi connectivity index (χ2n) is 6.90. The number of carbonyl (C=O) groups is 1. The van der Waals surface area contributed by atoms with Crippen LogP contribution in [0.3, 0.4) is 0 Å². The summed E-state index contributed by atoms with van der Waals surface area (Å²) in [6.45, 7) is 7.56. The van der Waals surface area contributed by atoms with E-state index in [1.807, 2.05) is 30.3 Å². The number of benzene rings is 4. The number of carboxylic acids is 1. The third-order valence-electron chi connectivity index (χ3n) is 5.12. The Morgan fingerprint density at radius 1 is 0.929 bits per heavy atom. The first kappa shape index (κ1) is 17.7. The third kappa shape index (κ3) is 3.10. The molecule has 0 saturated heterocycles. The lowest BCUT2D eigenvalue weighted by Gasteiger charge is -2.16. The smallest absolute Gasteiger partial charge is 0.331 e. The topological polar surface area (TPSA) is 37.3 Å². The fourth-order valence-electron chi connectivity index (χ4n) is 3.74. The van der Waals surface area contributed by atoms with E-state index < -0.39 is 5.97 Å². The summed E-state index contributed by atoms with van der Waals surface area (Å²) < 4.78 is 0. The summed E-state index contributed by atoms with van der Waals surface area (Å²) >= 11 is 0. The standard InChI is InChI=1S/C26H20O2/c1-3-18-11-13-19(14-12-18)25-23-10-5-4-7-20(23)16-22-9-6-8-21(24(22)25)15-17(2)26(27)28/h3-14,16H,1-2,15H2,(H,27,28). The predicted molar refractivity (Wildman–Crippen MR) is 117 cm³/mol. The molecule has 2 heteroatoms. The molecule has 0 radical (unpaired) electrons. The van der Waals surface area contributed by atoms with Crippen LogP contribution in [0.4, 0.5) is 0 Å². The zero-order valence-corrected chi connectivity index (χ0v) is 15.5. The SMILES string of the molecule is C=Cc1ccc(-c2c3ccccc3cc3cccc(CC(=C)C(=O)O)c23)cc1. The summed E-state index contributed by atoms with van der Waals surface area (Å²) in [4.78, 5) is 11.4. The van der Waals surface area contributed by atoms with Crippen molar-refractivity contribution in [1.29, 1.82) is 0 Å². The van der Waals surface area contributed by atoms with Crippen LogP contribution in [0.1, 0.15) is 11.1 Å². The first-order valence-electron chi connectivity index (χ1n) is 9.16. The van der Waals surface area contributed by atoms with Gasteiger partial charge in [0.15, 0.2) is 0 Å². The molecule has 136 valence electrons. The van der Waals surface area contributed by atoms with Gasteiger partial charge in [0.2, 0.25) is 0 Å². The molecule has 2 nitrogen and oxygen atoms in total. The van der Waals surface area contributed by atoms with Crippen LogP contribution in [0.25, 0.3) is 38.7 Å². The molecule has 0 atom stereocenters. The Morgan fingerprint density at radius 3 is 2.36 bits per heavy atom. The molecule has 4 rings (SSSR count). The van der Waals surface area contributed by atoms with Gasteiger partial charge in [-0.05, 0) is 49.9 Å². The van der Waals surface area contributed by atoms with Crippen LogP contribution in [0.15, 0.2) is 91.5 Å². The van der Waals surface area contributed by atoms with Gasteiger partial charge in [-0.3, -0.25) is 0 Å². The average molecular weight is 364 g/mol. The van der Waals surface area contributed by atoms with E-state index in [-0.39, 0.29) is 5.57 Å². The molecule has 0 heterocycles. The maximum atomic E-state index is 11.4. The molecule has 28 heavy (non-hydrogen) atoms. The molecule has 0 aliphatic rings. The van der Waals surface area contributed by atoms with E-state index in [9.17, 15) is 9.90 Å². The lowest BCUT2D eigenvalue weighted by Crippen LogP contribution is -2.03. The number of rotatable bonds is 5. The summed E-state index contributed by atoms with van der Waals surface area (Å²) in [5.41, 5.74) is 4.44. The fourth-order valence-corrected chi connectivity index (χ4v) is 3.74. The summed E-state index contributed by atoms with van der Waals surface area (Å²) in [6.07, 6.45) is 2.13. The van der Waals surface area contributed by atoms with Crippen molar-refractivity contribution in [3.05, 3.63) is 103 Å². The van der Waals surface area contributed by atoms with E-state index in [1.165, 1.54) is 0 Å². The Morgan fingerprint density at radius 2 is 1.64 bits per heavy atom. The van der Waals surface area contributed by atoms with Gasteiger partial charge in [-0.15, -0.1) is 0 Å². The summed E-state index contributed by atoms with van der Waals surface area (Å²) in [7, 11) is 0. The highest BCUT2D eigenvalue weighted by molar-refractivity contribution is 6.14. The van der Waals surface area contributed by atoms with Crippen molar-refractivity contribution in [1.82, 2.24) is 0 Å². The zero-order chi connectivity index (χ0) is 19.7. The number of aliphatic carboxylic acids is 1. The first-order valence-corrected chi connectivity index (χ1v) is 9.16. The predicted octanol–water partition coefficient (Wildman–Crippen LogP) is 6.49. The molecule has 0 aliphatic carbocycles. The molecule has 1 N–H and O–H groups in total. The van der Waals surface area contributed by atoms with Gasteiger partial charge in [0.25, 0.3) is 0 Å². The molecule has 4 aromatic carbocycles. The van der Waals surface area contributed by atoms with E-state index >= 15 is 0 Å². The van der Waals surface area contributed by atoms with Crippen LogP contribution in [-0.4, -0.2) is 11.1 Å². The van der Waals surface area contributed by atoms with Crippen molar-refractivity contribution in [3.63, 3.8) is 0 Å². The highest BCUT2D eigenvalue weighted by Crippen LogP contribution is 2.38. The largest absolute Gasteiger partial charge is 0.478 e. The van der Waals surface area contributed by atoms with Gasteiger partial charge in [0.05, 0.1) is 0 Å².